The van der Waals surface area contributed by atoms with Gasteiger partial charge in [-0.25, -0.2) is 0 Å². The Morgan fingerprint density at radius 2 is 1.67 bits per heavy atom. The zero-order valence-electron chi connectivity index (χ0n) is 16.9. The first kappa shape index (κ1) is 21.3. The van der Waals surface area contributed by atoms with Gasteiger partial charge >= 0.3 is 0 Å². The summed E-state index contributed by atoms with van der Waals surface area (Å²) in [7, 11) is 1.56. The molecule has 7 nitrogen and oxygen atoms in total. The molecule has 1 aliphatic heterocycles. The van der Waals surface area contributed by atoms with Crippen molar-refractivity contribution in [3.05, 3.63) is 53.6 Å². The van der Waals surface area contributed by atoms with E-state index < -0.39 is 11.8 Å². The minimum absolute atomic E-state index is 0.0222. The molecule has 2 aromatic carbocycles. The van der Waals surface area contributed by atoms with Crippen LogP contribution in [0.15, 0.2) is 48.0 Å². The zero-order chi connectivity index (χ0) is 21.7. The molecule has 0 saturated carbocycles. The number of nitrogens with zero attached hydrogens (tertiary/aromatic N) is 1. The molecule has 1 heterocycles. The van der Waals surface area contributed by atoms with Crippen molar-refractivity contribution in [2.24, 2.45) is 0 Å². The van der Waals surface area contributed by atoms with Crippen LogP contribution in [0.25, 0.3) is 6.08 Å². The summed E-state index contributed by atoms with van der Waals surface area (Å²) in [6.07, 6.45) is 1.51. The summed E-state index contributed by atoms with van der Waals surface area (Å²) in [4.78, 5) is 26.9. The van der Waals surface area contributed by atoms with Gasteiger partial charge in [-0.05, 0) is 74.1 Å². The minimum Gasteiger partial charge on any atom is -0.497 e. The Bertz CT molecular complexity index is 1000. The van der Waals surface area contributed by atoms with Crippen molar-refractivity contribution in [1.29, 1.82) is 0 Å². The van der Waals surface area contributed by atoms with Crippen molar-refractivity contribution >= 4 is 40.9 Å². The average Bonchev–Trinajstić information content (AvgIpc) is 2.73. The third-order valence-corrected chi connectivity index (χ3v) is 4.60. The highest BCUT2D eigenvalue weighted by atomic mass is 32.1. The van der Waals surface area contributed by atoms with Crippen molar-refractivity contribution < 1.29 is 23.8 Å². The smallest absolute Gasteiger partial charge is 0.270 e. The highest BCUT2D eigenvalue weighted by Gasteiger charge is 2.34. The highest BCUT2D eigenvalue weighted by Crippen LogP contribution is 2.30. The lowest BCUT2D eigenvalue weighted by Crippen LogP contribution is -2.54. The number of carbonyl (C=O) groups excluding carboxylic acids is 2. The van der Waals surface area contributed by atoms with Crippen LogP contribution in [0.1, 0.15) is 19.4 Å². The molecule has 8 heteroatoms. The molecule has 3 rings (SSSR count). The lowest BCUT2D eigenvalue weighted by atomic mass is 10.1. The lowest BCUT2D eigenvalue weighted by molar-refractivity contribution is -0.122. The fraction of sp³-hybridized carbons (Fsp3) is 0.227. The molecular weight excluding hydrogens is 404 g/mol. The number of anilines is 1. The van der Waals surface area contributed by atoms with E-state index in [-0.39, 0.29) is 10.7 Å². The van der Waals surface area contributed by atoms with Crippen molar-refractivity contribution in [1.82, 2.24) is 5.32 Å². The van der Waals surface area contributed by atoms with Gasteiger partial charge in [0.1, 0.15) is 11.3 Å². The minimum atomic E-state index is -0.554. The van der Waals surface area contributed by atoms with Crippen LogP contribution >= 0.6 is 12.2 Å². The number of benzene rings is 2. The molecule has 0 spiro atoms. The molecule has 2 aromatic rings. The van der Waals surface area contributed by atoms with Gasteiger partial charge in [-0.1, -0.05) is 6.07 Å². The molecule has 0 aliphatic carbocycles. The Morgan fingerprint density at radius 3 is 2.30 bits per heavy atom. The highest BCUT2D eigenvalue weighted by molar-refractivity contribution is 7.80. The number of thiocarbonyl (C=S) groups is 1. The van der Waals surface area contributed by atoms with Crippen LogP contribution in [0.5, 0.6) is 17.2 Å². The molecule has 0 radical (unpaired) electrons. The summed E-state index contributed by atoms with van der Waals surface area (Å²) in [6, 6.07) is 12.1. The normalized spacial score (nSPS) is 15.2. The Kier molecular flexibility index (Phi) is 6.68. The topological polar surface area (TPSA) is 77.1 Å². The van der Waals surface area contributed by atoms with Crippen LogP contribution in [0.3, 0.4) is 0 Å². The predicted octanol–water partition coefficient (Wildman–Crippen LogP) is 3.32. The van der Waals surface area contributed by atoms with Crippen molar-refractivity contribution in [3.8, 4) is 17.2 Å². The fourth-order valence-electron chi connectivity index (χ4n) is 2.95. The molecule has 0 atom stereocenters. The number of carbonyl (C=O) groups is 2. The van der Waals surface area contributed by atoms with E-state index in [1.54, 1.807) is 49.6 Å². The summed E-state index contributed by atoms with van der Waals surface area (Å²) >= 11 is 5.22. The van der Waals surface area contributed by atoms with Gasteiger partial charge in [0.15, 0.2) is 16.6 Å². The van der Waals surface area contributed by atoms with Crippen LogP contribution in [0, 0.1) is 0 Å². The Balaban J connectivity index is 1.96. The number of nitrogens with one attached hydrogen (secondary N) is 1. The summed E-state index contributed by atoms with van der Waals surface area (Å²) in [5, 5.41) is 2.59. The Labute approximate surface area is 180 Å². The van der Waals surface area contributed by atoms with E-state index >= 15 is 0 Å². The molecule has 1 aliphatic rings. The molecule has 156 valence electrons. The number of methoxy groups -OCH3 is 1. The first-order valence-electron chi connectivity index (χ1n) is 9.43. The van der Waals surface area contributed by atoms with Crippen LogP contribution in [-0.4, -0.2) is 37.3 Å². The van der Waals surface area contributed by atoms with E-state index in [2.05, 4.69) is 5.32 Å². The first-order chi connectivity index (χ1) is 14.5. The van der Waals surface area contributed by atoms with Crippen molar-refractivity contribution in [2.75, 3.05) is 25.2 Å². The van der Waals surface area contributed by atoms with Crippen LogP contribution in [0.4, 0.5) is 5.69 Å². The molecule has 1 saturated heterocycles. The van der Waals surface area contributed by atoms with Crippen LogP contribution < -0.4 is 24.4 Å². The molecule has 0 unspecified atom stereocenters. The third kappa shape index (κ3) is 4.44. The van der Waals surface area contributed by atoms with Gasteiger partial charge in [0, 0.05) is 0 Å². The predicted molar refractivity (Wildman–Crippen MR) is 118 cm³/mol. The second-order valence-corrected chi connectivity index (χ2v) is 6.61. The van der Waals surface area contributed by atoms with Gasteiger partial charge in [-0.2, -0.15) is 0 Å². The second kappa shape index (κ2) is 9.41. The van der Waals surface area contributed by atoms with E-state index in [1.165, 1.54) is 11.0 Å². The Morgan fingerprint density at radius 1 is 1.00 bits per heavy atom. The van der Waals surface area contributed by atoms with Gasteiger partial charge in [0.05, 0.1) is 26.0 Å². The average molecular weight is 426 g/mol. The lowest BCUT2D eigenvalue weighted by Gasteiger charge is -2.29. The standard InChI is InChI=1S/C22H22N2O5S/c1-4-28-18-11-6-14(13-19(18)29-5-2)12-17-20(25)23-22(30)24(21(17)26)15-7-9-16(27-3)10-8-15/h6-13H,4-5H2,1-3H3,(H,23,25,30)/b17-12+. The molecule has 0 aromatic heterocycles. The van der Waals surface area contributed by atoms with Crippen LogP contribution in [0.2, 0.25) is 0 Å². The molecule has 0 bridgehead atoms. The number of hydrogen-bond donors (Lipinski definition) is 1. The molecule has 1 N–H and O–H groups in total. The maximum Gasteiger partial charge on any atom is 0.270 e. The SMILES string of the molecule is CCOc1ccc(/C=C2\C(=O)NC(=S)N(c3ccc(OC)cc3)C2=O)cc1OCC. The fourth-order valence-corrected chi connectivity index (χ4v) is 3.23. The van der Waals surface area contributed by atoms with Gasteiger partial charge in [-0.15, -0.1) is 0 Å². The number of amides is 2. The van der Waals surface area contributed by atoms with Gasteiger partial charge in [0.25, 0.3) is 11.8 Å². The van der Waals surface area contributed by atoms with Crippen LogP contribution in [-0.2, 0) is 9.59 Å². The van der Waals surface area contributed by atoms with E-state index in [0.717, 1.165) is 0 Å². The quantitative estimate of drug-likeness (QED) is 0.416. The van der Waals surface area contributed by atoms with E-state index in [4.69, 9.17) is 26.4 Å². The first-order valence-corrected chi connectivity index (χ1v) is 9.84. The molecule has 30 heavy (non-hydrogen) atoms. The van der Waals surface area contributed by atoms with Gasteiger partial charge < -0.3 is 14.2 Å². The monoisotopic (exact) mass is 426 g/mol. The Hall–Kier alpha value is -3.39. The maximum absolute atomic E-state index is 13.1. The zero-order valence-corrected chi connectivity index (χ0v) is 17.7. The van der Waals surface area contributed by atoms with E-state index in [0.29, 0.717) is 41.7 Å². The third-order valence-electron chi connectivity index (χ3n) is 4.31. The summed E-state index contributed by atoms with van der Waals surface area (Å²) in [6.45, 7) is 4.70. The summed E-state index contributed by atoms with van der Waals surface area (Å²) in [5.74, 6) is 0.719. The largest absolute Gasteiger partial charge is 0.497 e. The molecule has 2 amide bonds. The summed E-state index contributed by atoms with van der Waals surface area (Å²) < 4.78 is 16.3. The number of hydrogen-bond acceptors (Lipinski definition) is 6. The van der Waals surface area contributed by atoms with Crippen molar-refractivity contribution in [2.45, 2.75) is 13.8 Å². The van der Waals surface area contributed by atoms with Gasteiger partial charge in [0.2, 0.25) is 0 Å². The van der Waals surface area contributed by atoms with Gasteiger partial charge in [-0.3, -0.25) is 19.8 Å². The molecular formula is C22H22N2O5S. The van der Waals surface area contributed by atoms with E-state index in [1.807, 2.05) is 13.8 Å². The number of rotatable bonds is 7. The summed E-state index contributed by atoms with van der Waals surface area (Å²) in [5.41, 5.74) is 1.12. The maximum atomic E-state index is 13.1. The van der Waals surface area contributed by atoms with Crippen molar-refractivity contribution in [3.63, 3.8) is 0 Å². The second-order valence-electron chi connectivity index (χ2n) is 6.23. The molecule has 1 fully saturated rings. The van der Waals surface area contributed by atoms with E-state index in [9.17, 15) is 9.59 Å². The number of ether oxygens (including phenoxy) is 3.